The highest BCUT2D eigenvalue weighted by atomic mass is 35.5. The largest absolute Gasteiger partial charge is 0.352 e. The predicted octanol–water partition coefficient (Wildman–Crippen LogP) is 0.769. The summed E-state index contributed by atoms with van der Waals surface area (Å²) in [7, 11) is 1.71. The number of imidazole rings is 1. The van der Waals surface area contributed by atoms with E-state index in [9.17, 15) is 4.79 Å². The molecule has 0 radical (unpaired) electrons. The molecule has 0 atom stereocenters. The van der Waals surface area contributed by atoms with Crippen LogP contribution in [-0.2, 0) is 13.6 Å². The zero-order valence-electron chi connectivity index (χ0n) is 12.7. The highest BCUT2D eigenvalue weighted by molar-refractivity contribution is 6.28. The van der Waals surface area contributed by atoms with Gasteiger partial charge >= 0.3 is 5.69 Å². The molecule has 0 aromatic carbocycles. The Kier molecular flexibility index (Phi) is 4.17. The smallest absolute Gasteiger partial charge is 0.330 e. The number of rotatable bonds is 3. The lowest BCUT2D eigenvalue weighted by molar-refractivity contribution is 0.585. The van der Waals surface area contributed by atoms with Crippen molar-refractivity contribution in [3.8, 4) is 0 Å². The summed E-state index contributed by atoms with van der Waals surface area (Å²) < 4.78 is 3.22. The molecule has 1 saturated heterocycles. The number of piperazine rings is 1. The Labute approximate surface area is 133 Å². The second kappa shape index (κ2) is 6.10. The van der Waals surface area contributed by atoms with E-state index in [1.165, 1.54) is 4.57 Å². The second-order valence-electron chi connectivity index (χ2n) is 5.25. The minimum Gasteiger partial charge on any atom is -0.352 e. The number of nitrogens with zero attached hydrogens (tertiary/aromatic N) is 5. The van der Waals surface area contributed by atoms with E-state index in [1.807, 2.05) is 19.1 Å². The summed E-state index contributed by atoms with van der Waals surface area (Å²) in [6.45, 7) is 5.85. The van der Waals surface area contributed by atoms with Gasteiger partial charge in [-0.25, -0.2) is 4.79 Å². The van der Waals surface area contributed by atoms with Crippen molar-refractivity contribution in [1.82, 2.24) is 24.4 Å². The van der Waals surface area contributed by atoms with Crippen molar-refractivity contribution in [3.63, 3.8) is 0 Å². The van der Waals surface area contributed by atoms with E-state index in [0.29, 0.717) is 12.2 Å². The summed E-state index contributed by atoms with van der Waals surface area (Å²) in [5, 5.41) is 3.48. The summed E-state index contributed by atoms with van der Waals surface area (Å²) in [5.74, 6) is 0.735. The first kappa shape index (κ1) is 15.1. The zero-order valence-corrected chi connectivity index (χ0v) is 13.5. The third-order valence-corrected chi connectivity index (χ3v) is 4.03. The first-order valence-corrected chi connectivity index (χ1v) is 7.71. The number of hydrogen-bond acceptors (Lipinski definition) is 5. The molecule has 1 aliphatic heterocycles. The van der Waals surface area contributed by atoms with Crippen LogP contribution in [0.4, 0.5) is 5.82 Å². The van der Waals surface area contributed by atoms with Crippen LogP contribution in [0.2, 0.25) is 5.28 Å². The van der Waals surface area contributed by atoms with Crippen LogP contribution in [0.25, 0.3) is 11.2 Å². The average Bonchev–Trinajstić information content (AvgIpc) is 2.77. The van der Waals surface area contributed by atoms with Crippen LogP contribution in [0, 0.1) is 0 Å². The van der Waals surface area contributed by atoms with Gasteiger partial charge in [-0.15, -0.1) is 0 Å². The zero-order chi connectivity index (χ0) is 15.7. The number of fused-ring (bicyclic) bond motifs is 1. The third kappa shape index (κ3) is 2.50. The first-order chi connectivity index (χ1) is 10.6. The number of hydrogen-bond donors (Lipinski definition) is 1. The molecule has 0 aliphatic carbocycles. The SMILES string of the molecule is C/C=C/Cn1c(=O)n(C)c2nc(Cl)nc(N3CCNCC3)c21. The number of nitrogens with one attached hydrogen (secondary N) is 1. The Bertz CT molecular complexity index is 772. The molecule has 1 fully saturated rings. The molecule has 7 nitrogen and oxygen atoms in total. The van der Waals surface area contributed by atoms with Gasteiger partial charge in [-0.3, -0.25) is 9.13 Å². The number of anilines is 1. The molecule has 1 aliphatic rings. The Morgan fingerprint density at radius 3 is 2.73 bits per heavy atom. The van der Waals surface area contributed by atoms with Crippen LogP contribution in [0.15, 0.2) is 16.9 Å². The number of allylic oxidation sites excluding steroid dienone is 2. The highest BCUT2D eigenvalue weighted by Gasteiger charge is 2.22. The van der Waals surface area contributed by atoms with Gasteiger partial charge in [0.2, 0.25) is 5.28 Å². The third-order valence-electron chi connectivity index (χ3n) is 3.87. The monoisotopic (exact) mass is 322 g/mol. The maximum absolute atomic E-state index is 12.5. The number of halogens is 1. The lowest BCUT2D eigenvalue weighted by Crippen LogP contribution is -2.44. The molecule has 0 bridgehead atoms. The Hall–Kier alpha value is -1.86. The van der Waals surface area contributed by atoms with Gasteiger partial charge < -0.3 is 10.2 Å². The maximum atomic E-state index is 12.5. The fourth-order valence-corrected chi connectivity index (χ4v) is 2.89. The minimum atomic E-state index is -0.110. The van der Waals surface area contributed by atoms with Crippen molar-refractivity contribution < 1.29 is 0 Å². The molecule has 8 heteroatoms. The van der Waals surface area contributed by atoms with Gasteiger partial charge in [0.1, 0.15) is 5.52 Å². The molecule has 0 saturated carbocycles. The maximum Gasteiger partial charge on any atom is 0.330 e. The standard InChI is InChI=1S/C14H19ClN6O/c1-3-4-7-21-10-11(19(2)14(21)22)17-13(15)18-12(10)20-8-5-16-6-9-20/h3-4,16H,5-9H2,1-2H3/b4-3+. The van der Waals surface area contributed by atoms with Crippen molar-refractivity contribution in [3.05, 3.63) is 27.9 Å². The predicted molar refractivity (Wildman–Crippen MR) is 87.7 cm³/mol. The van der Waals surface area contributed by atoms with Gasteiger partial charge in [-0.05, 0) is 18.5 Å². The van der Waals surface area contributed by atoms with Gasteiger partial charge in [-0.2, -0.15) is 9.97 Å². The summed E-state index contributed by atoms with van der Waals surface area (Å²) in [5.41, 5.74) is 1.21. The Balaban J connectivity index is 2.25. The van der Waals surface area contributed by atoms with Crippen LogP contribution in [-0.4, -0.2) is 45.3 Å². The summed E-state index contributed by atoms with van der Waals surface area (Å²) in [6, 6.07) is 0. The van der Waals surface area contributed by atoms with Crippen LogP contribution in [0.5, 0.6) is 0 Å². The average molecular weight is 323 g/mol. The fourth-order valence-electron chi connectivity index (χ4n) is 2.73. The van der Waals surface area contributed by atoms with Gasteiger partial charge in [0.15, 0.2) is 11.5 Å². The molecule has 22 heavy (non-hydrogen) atoms. The number of aryl methyl sites for hydroxylation is 1. The molecular weight excluding hydrogens is 304 g/mol. The highest BCUT2D eigenvalue weighted by Crippen LogP contribution is 2.25. The van der Waals surface area contributed by atoms with Gasteiger partial charge in [0, 0.05) is 39.8 Å². The van der Waals surface area contributed by atoms with E-state index in [2.05, 4.69) is 20.2 Å². The lowest BCUT2D eigenvalue weighted by Gasteiger charge is -2.28. The van der Waals surface area contributed by atoms with Crippen molar-refractivity contribution >= 4 is 28.6 Å². The molecule has 2 aromatic heterocycles. The molecule has 2 aromatic rings. The molecule has 118 valence electrons. The van der Waals surface area contributed by atoms with E-state index in [0.717, 1.165) is 37.5 Å². The minimum absolute atomic E-state index is 0.110. The van der Waals surface area contributed by atoms with Crippen molar-refractivity contribution in [2.75, 3.05) is 31.1 Å². The molecular formula is C14H19ClN6O. The molecule has 0 unspecified atom stereocenters. The normalized spacial score (nSPS) is 16.0. The summed E-state index contributed by atoms with van der Waals surface area (Å²) >= 11 is 6.08. The lowest BCUT2D eigenvalue weighted by atomic mass is 10.3. The van der Waals surface area contributed by atoms with Gasteiger partial charge in [0.25, 0.3) is 0 Å². The Morgan fingerprint density at radius 1 is 1.32 bits per heavy atom. The summed E-state index contributed by atoms with van der Waals surface area (Å²) in [6.07, 6.45) is 3.86. The Morgan fingerprint density at radius 2 is 2.05 bits per heavy atom. The molecule has 1 N–H and O–H groups in total. The molecule has 0 spiro atoms. The second-order valence-corrected chi connectivity index (χ2v) is 5.58. The molecule has 3 rings (SSSR count). The van der Waals surface area contributed by atoms with Crippen LogP contribution >= 0.6 is 11.6 Å². The van der Waals surface area contributed by atoms with E-state index in [1.54, 1.807) is 11.6 Å². The van der Waals surface area contributed by atoms with Crippen LogP contribution < -0.4 is 15.9 Å². The van der Waals surface area contributed by atoms with Crippen molar-refractivity contribution in [1.29, 1.82) is 0 Å². The van der Waals surface area contributed by atoms with Crippen LogP contribution in [0.1, 0.15) is 6.92 Å². The molecule has 0 amide bonds. The van der Waals surface area contributed by atoms with Crippen LogP contribution in [0.3, 0.4) is 0 Å². The summed E-state index contributed by atoms with van der Waals surface area (Å²) in [4.78, 5) is 23.3. The quantitative estimate of drug-likeness (QED) is 0.668. The van der Waals surface area contributed by atoms with E-state index >= 15 is 0 Å². The van der Waals surface area contributed by atoms with Crippen molar-refractivity contribution in [2.45, 2.75) is 13.5 Å². The molecule has 3 heterocycles. The van der Waals surface area contributed by atoms with E-state index < -0.39 is 0 Å². The van der Waals surface area contributed by atoms with E-state index in [4.69, 9.17) is 11.6 Å². The van der Waals surface area contributed by atoms with Crippen molar-refractivity contribution in [2.24, 2.45) is 7.05 Å². The topological polar surface area (TPSA) is 68.0 Å². The first-order valence-electron chi connectivity index (χ1n) is 7.33. The fraction of sp³-hybridized carbons (Fsp3) is 0.500. The van der Waals surface area contributed by atoms with E-state index in [-0.39, 0.29) is 11.0 Å². The van der Waals surface area contributed by atoms with Gasteiger partial charge in [-0.1, -0.05) is 12.2 Å². The number of aromatic nitrogens is 4. The van der Waals surface area contributed by atoms with Gasteiger partial charge in [0.05, 0.1) is 0 Å².